The van der Waals surface area contributed by atoms with Gasteiger partial charge in [0, 0.05) is 17.5 Å². The Labute approximate surface area is 154 Å². The molecule has 2 aromatic carbocycles. The summed E-state index contributed by atoms with van der Waals surface area (Å²) in [5.41, 5.74) is 2.21. The highest BCUT2D eigenvalue weighted by Crippen LogP contribution is 2.25. The lowest BCUT2D eigenvalue weighted by Crippen LogP contribution is -2.14. The third kappa shape index (κ3) is 4.08. The van der Waals surface area contributed by atoms with E-state index in [1.807, 2.05) is 6.92 Å². The summed E-state index contributed by atoms with van der Waals surface area (Å²) in [5.74, 6) is -1.82. The van der Waals surface area contributed by atoms with E-state index in [1.54, 1.807) is 25.1 Å². The smallest absolute Gasteiger partial charge is 0.255 e. The molecule has 0 fully saturated rings. The molecule has 4 nitrogen and oxygen atoms in total. The Balaban J connectivity index is 1.78. The molecule has 0 atom stereocenters. The van der Waals surface area contributed by atoms with Gasteiger partial charge in [0.2, 0.25) is 0 Å². The van der Waals surface area contributed by atoms with Crippen molar-refractivity contribution in [3.63, 3.8) is 0 Å². The molecule has 3 aromatic rings. The number of nitrogens with zero attached hydrogens (tertiary/aromatic N) is 1. The lowest BCUT2D eigenvalue weighted by molar-refractivity contribution is 0.507. The van der Waals surface area contributed by atoms with Crippen LogP contribution in [0.4, 0.5) is 13.9 Å². The molecule has 0 aliphatic rings. The molecule has 0 unspecified atom stereocenters. The van der Waals surface area contributed by atoms with Crippen molar-refractivity contribution in [1.29, 1.82) is 0 Å². The molecule has 1 N–H and O–H groups in total. The molecule has 0 amide bonds. The average molecular weight is 394 g/mol. The SMILES string of the molecule is Cc1ccc(S(=O)(=O)Nc2ncc(Cc3ccc(F)c(F)c3)s2)c(C)c1. The molecular weight excluding hydrogens is 378 g/mol. The summed E-state index contributed by atoms with van der Waals surface area (Å²) in [7, 11) is -3.74. The van der Waals surface area contributed by atoms with E-state index in [0.29, 0.717) is 17.5 Å². The summed E-state index contributed by atoms with van der Waals surface area (Å²) < 4.78 is 53.8. The number of hydrogen-bond donors (Lipinski definition) is 1. The van der Waals surface area contributed by atoms with Crippen LogP contribution in [0.2, 0.25) is 0 Å². The Morgan fingerprint density at radius 3 is 2.54 bits per heavy atom. The number of thiazole rings is 1. The van der Waals surface area contributed by atoms with Crippen LogP contribution in [0.1, 0.15) is 21.6 Å². The maximum Gasteiger partial charge on any atom is 0.263 e. The molecule has 3 rings (SSSR count). The number of benzene rings is 2. The van der Waals surface area contributed by atoms with Gasteiger partial charge in [0.25, 0.3) is 10.0 Å². The molecule has 0 radical (unpaired) electrons. The fourth-order valence-corrected chi connectivity index (χ4v) is 4.87. The van der Waals surface area contributed by atoms with Gasteiger partial charge in [-0.05, 0) is 43.2 Å². The summed E-state index contributed by atoms with van der Waals surface area (Å²) in [6.45, 7) is 3.63. The third-order valence-electron chi connectivity index (χ3n) is 3.76. The lowest BCUT2D eigenvalue weighted by Gasteiger charge is -2.08. The maximum atomic E-state index is 13.3. The molecule has 8 heteroatoms. The first-order valence-electron chi connectivity index (χ1n) is 7.73. The van der Waals surface area contributed by atoms with Crippen molar-refractivity contribution in [2.24, 2.45) is 0 Å². The minimum atomic E-state index is -3.74. The number of hydrogen-bond acceptors (Lipinski definition) is 4. The van der Waals surface area contributed by atoms with Gasteiger partial charge in [-0.2, -0.15) is 0 Å². The van der Waals surface area contributed by atoms with E-state index < -0.39 is 21.7 Å². The molecule has 0 saturated heterocycles. The van der Waals surface area contributed by atoms with Crippen molar-refractivity contribution < 1.29 is 17.2 Å². The van der Waals surface area contributed by atoms with Crippen LogP contribution in [0.5, 0.6) is 0 Å². The van der Waals surface area contributed by atoms with Crippen molar-refractivity contribution in [3.8, 4) is 0 Å². The summed E-state index contributed by atoms with van der Waals surface area (Å²) in [5, 5.41) is 0.225. The molecule has 0 bridgehead atoms. The Kier molecular flexibility index (Phi) is 5.06. The molecule has 1 heterocycles. The molecular formula is C18H16F2N2O2S2. The van der Waals surface area contributed by atoms with Gasteiger partial charge >= 0.3 is 0 Å². The molecule has 1 aromatic heterocycles. The average Bonchev–Trinajstić information content (AvgIpc) is 2.96. The largest absolute Gasteiger partial charge is 0.263 e. The zero-order chi connectivity index (χ0) is 18.9. The van der Waals surface area contributed by atoms with Crippen LogP contribution in [0.15, 0.2) is 47.5 Å². The highest BCUT2D eigenvalue weighted by molar-refractivity contribution is 7.93. The number of nitrogens with one attached hydrogen (secondary N) is 1. The molecule has 26 heavy (non-hydrogen) atoms. The summed E-state index contributed by atoms with van der Waals surface area (Å²) in [6, 6.07) is 8.76. The minimum absolute atomic E-state index is 0.195. The first-order chi connectivity index (χ1) is 12.2. The van der Waals surface area contributed by atoms with Crippen molar-refractivity contribution in [3.05, 3.63) is 75.8 Å². The van der Waals surface area contributed by atoms with Crippen LogP contribution in [0.25, 0.3) is 0 Å². The second-order valence-electron chi connectivity index (χ2n) is 5.93. The second-order valence-corrected chi connectivity index (χ2v) is 8.70. The maximum absolute atomic E-state index is 13.3. The van der Waals surface area contributed by atoms with Crippen LogP contribution < -0.4 is 4.72 Å². The van der Waals surface area contributed by atoms with Gasteiger partial charge in [0.05, 0.1) is 4.90 Å². The quantitative estimate of drug-likeness (QED) is 0.696. The van der Waals surface area contributed by atoms with Crippen molar-refractivity contribution in [1.82, 2.24) is 4.98 Å². The molecule has 0 spiro atoms. The Morgan fingerprint density at radius 1 is 1.08 bits per heavy atom. The van der Waals surface area contributed by atoms with E-state index >= 15 is 0 Å². The molecule has 0 aliphatic carbocycles. The molecule has 136 valence electrons. The first kappa shape index (κ1) is 18.5. The number of aromatic nitrogens is 1. The second kappa shape index (κ2) is 7.13. The monoisotopic (exact) mass is 394 g/mol. The van der Waals surface area contributed by atoms with Gasteiger partial charge in [-0.25, -0.2) is 22.2 Å². The predicted octanol–water partition coefficient (Wildman–Crippen LogP) is 4.43. The van der Waals surface area contributed by atoms with Gasteiger partial charge in [-0.15, -0.1) is 11.3 Å². The third-order valence-corrected chi connectivity index (χ3v) is 6.30. The number of rotatable bonds is 5. The molecule has 0 saturated carbocycles. The Bertz CT molecular complexity index is 1060. The normalized spacial score (nSPS) is 11.5. The zero-order valence-corrected chi connectivity index (χ0v) is 15.7. The van der Waals surface area contributed by atoms with Gasteiger partial charge in [0.1, 0.15) is 0 Å². The number of anilines is 1. The molecule has 0 aliphatic heterocycles. The Morgan fingerprint density at radius 2 is 1.85 bits per heavy atom. The lowest BCUT2D eigenvalue weighted by atomic mass is 10.1. The predicted molar refractivity (Wildman–Crippen MR) is 98.0 cm³/mol. The standard InChI is InChI=1S/C18H16F2N2O2S2/c1-11-3-6-17(12(2)7-11)26(23,24)22-18-21-10-14(25-18)8-13-4-5-15(19)16(20)9-13/h3-7,9-10H,8H2,1-2H3,(H,21,22). The fourth-order valence-electron chi connectivity index (χ4n) is 2.56. The van der Waals surface area contributed by atoms with E-state index in [-0.39, 0.29) is 10.0 Å². The number of halogens is 2. The van der Waals surface area contributed by atoms with E-state index in [1.165, 1.54) is 12.3 Å². The number of aryl methyl sites for hydroxylation is 2. The van der Waals surface area contributed by atoms with Crippen LogP contribution in [0.3, 0.4) is 0 Å². The van der Waals surface area contributed by atoms with Crippen LogP contribution in [-0.4, -0.2) is 13.4 Å². The van der Waals surface area contributed by atoms with Crippen LogP contribution >= 0.6 is 11.3 Å². The fraction of sp³-hybridized carbons (Fsp3) is 0.167. The summed E-state index contributed by atoms with van der Waals surface area (Å²) in [4.78, 5) is 5.00. The summed E-state index contributed by atoms with van der Waals surface area (Å²) >= 11 is 1.15. The van der Waals surface area contributed by atoms with Gasteiger partial charge < -0.3 is 0 Å². The summed E-state index contributed by atoms with van der Waals surface area (Å²) in [6.07, 6.45) is 1.85. The highest BCUT2D eigenvalue weighted by Gasteiger charge is 2.18. The van der Waals surface area contributed by atoms with Gasteiger partial charge in [-0.1, -0.05) is 23.8 Å². The highest BCUT2D eigenvalue weighted by atomic mass is 32.2. The van der Waals surface area contributed by atoms with Crippen molar-refractivity contribution >= 4 is 26.5 Å². The number of sulfonamides is 1. The zero-order valence-electron chi connectivity index (χ0n) is 14.1. The van der Waals surface area contributed by atoms with Crippen molar-refractivity contribution in [2.75, 3.05) is 4.72 Å². The van der Waals surface area contributed by atoms with E-state index in [2.05, 4.69) is 9.71 Å². The van der Waals surface area contributed by atoms with Crippen molar-refractivity contribution in [2.45, 2.75) is 25.2 Å². The topological polar surface area (TPSA) is 59.1 Å². The van der Waals surface area contributed by atoms with E-state index in [9.17, 15) is 17.2 Å². The van der Waals surface area contributed by atoms with Gasteiger partial charge in [0.15, 0.2) is 16.8 Å². The minimum Gasteiger partial charge on any atom is -0.255 e. The van der Waals surface area contributed by atoms with E-state index in [0.717, 1.165) is 33.9 Å². The van der Waals surface area contributed by atoms with E-state index in [4.69, 9.17) is 0 Å². The van der Waals surface area contributed by atoms with Crippen LogP contribution in [0, 0.1) is 25.5 Å². The first-order valence-corrected chi connectivity index (χ1v) is 10.0. The Hall–Kier alpha value is -2.32. The van der Waals surface area contributed by atoms with Gasteiger partial charge in [-0.3, -0.25) is 4.72 Å². The van der Waals surface area contributed by atoms with Crippen LogP contribution in [-0.2, 0) is 16.4 Å².